The predicted molar refractivity (Wildman–Crippen MR) is 132 cm³/mol. The van der Waals surface area contributed by atoms with Gasteiger partial charge in [0.05, 0.1) is 11.6 Å². The number of aryl methyl sites for hydroxylation is 1. The average molecular weight is 482 g/mol. The van der Waals surface area contributed by atoms with E-state index in [4.69, 9.17) is 4.52 Å². The minimum absolute atomic E-state index is 0.0619. The van der Waals surface area contributed by atoms with Crippen molar-refractivity contribution in [1.82, 2.24) is 25.3 Å². The summed E-state index contributed by atoms with van der Waals surface area (Å²) in [7, 11) is 0. The van der Waals surface area contributed by atoms with Gasteiger partial charge in [0.1, 0.15) is 23.3 Å². The Kier molecular flexibility index (Phi) is 7.08. The van der Waals surface area contributed by atoms with E-state index in [1.165, 1.54) is 18.5 Å². The highest BCUT2D eigenvalue weighted by Crippen LogP contribution is 2.29. The van der Waals surface area contributed by atoms with Crippen LogP contribution >= 0.6 is 0 Å². The smallest absolute Gasteiger partial charge is 0.263 e. The van der Waals surface area contributed by atoms with Crippen LogP contribution in [0.3, 0.4) is 0 Å². The third-order valence-corrected chi connectivity index (χ3v) is 7.03. The van der Waals surface area contributed by atoms with E-state index in [0.717, 1.165) is 81.1 Å². The van der Waals surface area contributed by atoms with Crippen molar-refractivity contribution in [2.24, 2.45) is 5.92 Å². The van der Waals surface area contributed by atoms with Crippen LogP contribution in [0.25, 0.3) is 11.1 Å². The number of nitrogens with zero attached hydrogens (tertiary/aromatic N) is 6. The standard InChI is InChI=1S/C25H32FN7O2/c1-18-22-23(28-17-29-25(22)35-30-18)33-11-2-4-19(16-33)24(34)27-9-3-10-31-12-14-32(15-13-31)21-7-5-20(26)6-8-21/h5-8,17,19H,2-4,9-16H2,1H3,(H,27,34). The SMILES string of the molecule is Cc1noc2ncnc(N3CCCC(C(=O)NCCCN4CCN(c5ccc(F)cc5)CC4)C3)c12. The lowest BCUT2D eigenvalue weighted by Gasteiger charge is -2.36. The number of carbonyl (C=O) groups excluding carboxylic acids is 1. The van der Waals surface area contributed by atoms with E-state index in [-0.39, 0.29) is 17.6 Å². The van der Waals surface area contributed by atoms with E-state index < -0.39 is 0 Å². The Balaban J connectivity index is 1.05. The summed E-state index contributed by atoms with van der Waals surface area (Å²) in [6, 6.07) is 6.71. The van der Waals surface area contributed by atoms with Crippen LogP contribution in [-0.2, 0) is 4.79 Å². The van der Waals surface area contributed by atoms with Crippen LogP contribution in [0.15, 0.2) is 35.1 Å². The molecule has 10 heteroatoms. The molecule has 1 amide bonds. The lowest BCUT2D eigenvalue weighted by atomic mass is 9.97. The van der Waals surface area contributed by atoms with Crippen molar-refractivity contribution in [3.63, 3.8) is 0 Å². The fourth-order valence-electron chi connectivity index (χ4n) is 5.07. The summed E-state index contributed by atoms with van der Waals surface area (Å²) in [5.41, 5.74) is 2.32. The van der Waals surface area contributed by atoms with Crippen LogP contribution in [-0.4, -0.2) is 78.3 Å². The number of hydrogen-bond donors (Lipinski definition) is 1. The summed E-state index contributed by atoms with van der Waals surface area (Å²) in [6.07, 6.45) is 4.23. The minimum atomic E-state index is -0.202. The monoisotopic (exact) mass is 481 g/mol. The number of rotatable bonds is 7. The second-order valence-electron chi connectivity index (χ2n) is 9.38. The highest BCUT2D eigenvalue weighted by Gasteiger charge is 2.28. The molecule has 2 saturated heterocycles. The number of fused-ring (bicyclic) bond motifs is 1. The molecule has 3 aromatic rings. The molecule has 9 nitrogen and oxygen atoms in total. The molecule has 2 aliphatic heterocycles. The average Bonchev–Trinajstić information content (AvgIpc) is 3.28. The predicted octanol–water partition coefficient (Wildman–Crippen LogP) is 2.61. The summed E-state index contributed by atoms with van der Waals surface area (Å²) in [5, 5.41) is 7.99. The third kappa shape index (κ3) is 5.37. The van der Waals surface area contributed by atoms with Crippen LogP contribution < -0.4 is 15.1 Å². The molecular formula is C25H32FN7O2. The zero-order valence-electron chi connectivity index (χ0n) is 20.1. The number of piperidine rings is 1. The van der Waals surface area contributed by atoms with Gasteiger partial charge in [-0.1, -0.05) is 5.16 Å². The van der Waals surface area contributed by atoms with Crippen LogP contribution in [0.5, 0.6) is 0 Å². The normalized spacial score (nSPS) is 19.3. The van der Waals surface area contributed by atoms with Gasteiger partial charge in [-0.15, -0.1) is 0 Å². The molecule has 2 aromatic heterocycles. The van der Waals surface area contributed by atoms with E-state index in [2.05, 4.69) is 35.1 Å². The summed E-state index contributed by atoms with van der Waals surface area (Å²) < 4.78 is 18.4. The number of benzene rings is 1. The molecular weight excluding hydrogens is 449 g/mol. The molecule has 1 atom stereocenters. The summed E-state index contributed by atoms with van der Waals surface area (Å²) in [4.78, 5) is 28.4. The van der Waals surface area contributed by atoms with Crippen molar-refractivity contribution in [3.8, 4) is 0 Å². The maximum absolute atomic E-state index is 13.2. The third-order valence-electron chi connectivity index (χ3n) is 7.03. The minimum Gasteiger partial charge on any atom is -0.369 e. The second-order valence-corrected chi connectivity index (χ2v) is 9.38. The van der Waals surface area contributed by atoms with E-state index in [9.17, 15) is 9.18 Å². The van der Waals surface area contributed by atoms with Crippen molar-refractivity contribution < 1.29 is 13.7 Å². The first-order valence-corrected chi connectivity index (χ1v) is 12.4. The van der Waals surface area contributed by atoms with Gasteiger partial charge in [0.15, 0.2) is 0 Å². The van der Waals surface area contributed by atoms with Crippen LogP contribution in [0.1, 0.15) is 25.0 Å². The van der Waals surface area contributed by atoms with Crippen molar-refractivity contribution in [1.29, 1.82) is 0 Å². The quantitative estimate of drug-likeness (QED) is 0.515. The number of aromatic nitrogens is 3. The lowest BCUT2D eigenvalue weighted by Crippen LogP contribution is -2.47. The summed E-state index contributed by atoms with van der Waals surface area (Å²) in [6.45, 7) is 8.80. The van der Waals surface area contributed by atoms with Crippen molar-refractivity contribution >= 4 is 28.5 Å². The molecule has 2 fully saturated rings. The number of piperazine rings is 1. The molecule has 0 spiro atoms. The molecule has 0 aliphatic carbocycles. The Morgan fingerprint density at radius 1 is 1.11 bits per heavy atom. The molecule has 1 unspecified atom stereocenters. The molecule has 0 bridgehead atoms. The van der Waals surface area contributed by atoms with E-state index in [1.54, 1.807) is 0 Å². The Labute approximate surface area is 204 Å². The molecule has 1 aromatic carbocycles. The van der Waals surface area contributed by atoms with Gasteiger partial charge in [-0.3, -0.25) is 9.69 Å². The Bertz CT molecular complexity index is 1140. The number of carbonyl (C=O) groups is 1. The van der Waals surface area contributed by atoms with E-state index in [1.807, 2.05) is 19.1 Å². The second kappa shape index (κ2) is 10.6. The zero-order chi connectivity index (χ0) is 24.2. The fourth-order valence-corrected chi connectivity index (χ4v) is 5.07. The van der Waals surface area contributed by atoms with Gasteiger partial charge in [-0.05, 0) is 57.0 Å². The lowest BCUT2D eigenvalue weighted by molar-refractivity contribution is -0.125. The van der Waals surface area contributed by atoms with Gasteiger partial charge < -0.3 is 19.6 Å². The number of amides is 1. The maximum Gasteiger partial charge on any atom is 0.263 e. The number of anilines is 2. The molecule has 2 aliphatic rings. The molecule has 4 heterocycles. The topological polar surface area (TPSA) is 90.6 Å². The summed E-state index contributed by atoms with van der Waals surface area (Å²) in [5.74, 6) is 0.648. The van der Waals surface area contributed by atoms with Gasteiger partial charge in [-0.2, -0.15) is 4.98 Å². The molecule has 0 radical (unpaired) electrons. The van der Waals surface area contributed by atoms with Crippen molar-refractivity contribution in [3.05, 3.63) is 42.1 Å². The van der Waals surface area contributed by atoms with Gasteiger partial charge in [0.25, 0.3) is 5.71 Å². The van der Waals surface area contributed by atoms with Gasteiger partial charge in [0, 0.05) is 51.5 Å². The first-order chi connectivity index (χ1) is 17.1. The van der Waals surface area contributed by atoms with E-state index in [0.29, 0.717) is 18.8 Å². The van der Waals surface area contributed by atoms with Crippen LogP contribution in [0, 0.1) is 18.7 Å². The summed E-state index contributed by atoms with van der Waals surface area (Å²) >= 11 is 0. The fraction of sp³-hybridized carbons (Fsp3) is 0.520. The molecule has 5 rings (SSSR count). The van der Waals surface area contributed by atoms with Gasteiger partial charge in [-0.25, -0.2) is 9.37 Å². The largest absolute Gasteiger partial charge is 0.369 e. The van der Waals surface area contributed by atoms with Crippen molar-refractivity contribution in [2.45, 2.75) is 26.2 Å². The number of halogens is 1. The highest BCUT2D eigenvalue weighted by molar-refractivity contribution is 5.88. The maximum atomic E-state index is 13.2. The number of hydrogen-bond acceptors (Lipinski definition) is 8. The van der Waals surface area contributed by atoms with Crippen LogP contribution in [0.4, 0.5) is 15.9 Å². The zero-order valence-corrected chi connectivity index (χ0v) is 20.1. The molecule has 186 valence electrons. The Morgan fingerprint density at radius 3 is 2.71 bits per heavy atom. The Hall–Kier alpha value is -3.27. The van der Waals surface area contributed by atoms with Crippen LogP contribution in [0.2, 0.25) is 0 Å². The first-order valence-electron chi connectivity index (χ1n) is 12.4. The van der Waals surface area contributed by atoms with Crippen molar-refractivity contribution in [2.75, 3.05) is 62.2 Å². The van der Waals surface area contributed by atoms with E-state index >= 15 is 0 Å². The highest BCUT2D eigenvalue weighted by atomic mass is 19.1. The molecule has 0 saturated carbocycles. The first kappa shape index (κ1) is 23.5. The molecule has 1 N–H and O–H groups in total. The molecule has 35 heavy (non-hydrogen) atoms. The Morgan fingerprint density at radius 2 is 1.91 bits per heavy atom. The van der Waals surface area contributed by atoms with Gasteiger partial charge >= 0.3 is 0 Å². The number of nitrogens with one attached hydrogen (secondary N) is 1. The van der Waals surface area contributed by atoms with Gasteiger partial charge in [0.2, 0.25) is 5.91 Å².